The molecular formula is C19H24N4O4. The first-order chi connectivity index (χ1) is 13.1. The van der Waals surface area contributed by atoms with E-state index in [1.807, 2.05) is 4.90 Å². The smallest absolute Gasteiger partial charge is 0.257 e. The van der Waals surface area contributed by atoms with Gasteiger partial charge in [0.15, 0.2) is 5.82 Å². The fourth-order valence-electron chi connectivity index (χ4n) is 3.76. The first-order valence-electron chi connectivity index (χ1n) is 9.53. The topological polar surface area (TPSA) is 92.7 Å². The minimum absolute atomic E-state index is 0.000298. The monoisotopic (exact) mass is 372 g/mol. The average molecular weight is 372 g/mol. The minimum atomic E-state index is -0.0574. The molecular weight excluding hydrogens is 348 g/mol. The van der Waals surface area contributed by atoms with E-state index in [4.69, 9.17) is 8.94 Å². The van der Waals surface area contributed by atoms with Crippen LogP contribution in [-0.4, -0.2) is 57.4 Å². The van der Waals surface area contributed by atoms with Crippen molar-refractivity contribution in [3.05, 3.63) is 35.9 Å². The molecule has 0 spiro atoms. The summed E-state index contributed by atoms with van der Waals surface area (Å²) in [5, 5.41) is 4.05. The summed E-state index contributed by atoms with van der Waals surface area (Å²) in [6.45, 7) is 3.25. The third-order valence-electron chi connectivity index (χ3n) is 5.58. The van der Waals surface area contributed by atoms with Crippen molar-refractivity contribution in [3.8, 4) is 0 Å². The van der Waals surface area contributed by atoms with Gasteiger partial charge >= 0.3 is 0 Å². The SMILES string of the molecule is CC(=O)N(CCc1noc(C2CCC2)n1)C1CCN(C(=O)c2ccoc2)C1. The fraction of sp³-hybridized carbons (Fsp3) is 0.579. The van der Waals surface area contributed by atoms with Gasteiger partial charge in [0.25, 0.3) is 5.91 Å². The summed E-state index contributed by atoms with van der Waals surface area (Å²) in [6.07, 6.45) is 7.72. The van der Waals surface area contributed by atoms with Crippen LogP contribution in [0.5, 0.6) is 0 Å². The largest absolute Gasteiger partial charge is 0.472 e. The number of hydrogen-bond acceptors (Lipinski definition) is 6. The molecule has 27 heavy (non-hydrogen) atoms. The fourth-order valence-corrected chi connectivity index (χ4v) is 3.76. The van der Waals surface area contributed by atoms with Crippen LogP contribution in [0.15, 0.2) is 27.5 Å². The number of likely N-dealkylation sites (tertiary alicyclic amines) is 1. The zero-order chi connectivity index (χ0) is 18.8. The number of carbonyl (C=O) groups excluding carboxylic acids is 2. The van der Waals surface area contributed by atoms with E-state index in [9.17, 15) is 9.59 Å². The number of carbonyl (C=O) groups is 2. The van der Waals surface area contributed by atoms with E-state index in [0.717, 1.165) is 25.2 Å². The number of nitrogens with zero attached hydrogens (tertiary/aromatic N) is 4. The lowest BCUT2D eigenvalue weighted by atomic mass is 9.85. The molecule has 8 heteroatoms. The molecule has 8 nitrogen and oxygen atoms in total. The third-order valence-corrected chi connectivity index (χ3v) is 5.58. The van der Waals surface area contributed by atoms with E-state index >= 15 is 0 Å². The van der Waals surface area contributed by atoms with E-state index in [2.05, 4.69) is 10.1 Å². The molecule has 1 unspecified atom stereocenters. The second-order valence-corrected chi connectivity index (χ2v) is 7.34. The lowest BCUT2D eigenvalue weighted by molar-refractivity contribution is -0.130. The van der Waals surface area contributed by atoms with Crippen molar-refractivity contribution in [2.45, 2.75) is 51.0 Å². The van der Waals surface area contributed by atoms with E-state index in [1.54, 1.807) is 17.9 Å². The normalized spacial score (nSPS) is 19.9. The third kappa shape index (κ3) is 3.74. The molecule has 2 amide bonds. The molecule has 1 atom stereocenters. The van der Waals surface area contributed by atoms with Gasteiger partial charge in [-0.25, -0.2) is 0 Å². The highest BCUT2D eigenvalue weighted by molar-refractivity contribution is 5.94. The maximum Gasteiger partial charge on any atom is 0.257 e. The summed E-state index contributed by atoms with van der Waals surface area (Å²) in [6, 6.07) is 1.67. The van der Waals surface area contributed by atoms with E-state index < -0.39 is 0 Å². The van der Waals surface area contributed by atoms with Crippen LogP contribution in [-0.2, 0) is 11.2 Å². The van der Waals surface area contributed by atoms with E-state index in [0.29, 0.717) is 43.4 Å². The van der Waals surface area contributed by atoms with Crippen LogP contribution in [0.2, 0.25) is 0 Å². The summed E-state index contributed by atoms with van der Waals surface area (Å²) in [4.78, 5) is 32.7. The Kier molecular flexibility index (Phi) is 4.96. The van der Waals surface area contributed by atoms with Crippen molar-refractivity contribution in [2.24, 2.45) is 0 Å². The zero-order valence-electron chi connectivity index (χ0n) is 15.5. The highest BCUT2D eigenvalue weighted by Crippen LogP contribution is 2.35. The molecule has 3 heterocycles. The number of furan rings is 1. The van der Waals surface area contributed by atoms with Gasteiger partial charge in [0.05, 0.1) is 17.9 Å². The average Bonchev–Trinajstić information content (AvgIpc) is 3.35. The van der Waals surface area contributed by atoms with Crippen LogP contribution in [0.25, 0.3) is 0 Å². The molecule has 144 valence electrons. The molecule has 0 bridgehead atoms. The maximum atomic E-state index is 12.5. The Labute approximate surface area is 157 Å². The number of hydrogen-bond donors (Lipinski definition) is 0. The summed E-state index contributed by atoms with van der Waals surface area (Å²) < 4.78 is 10.3. The van der Waals surface area contributed by atoms with Gasteiger partial charge in [0.2, 0.25) is 11.8 Å². The van der Waals surface area contributed by atoms with Gasteiger partial charge in [-0.1, -0.05) is 11.6 Å². The van der Waals surface area contributed by atoms with Gasteiger partial charge in [0, 0.05) is 38.9 Å². The molecule has 2 aliphatic rings. The van der Waals surface area contributed by atoms with Gasteiger partial charge in [-0.15, -0.1) is 0 Å². The minimum Gasteiger partial charge on any atom is -0.472 e. The molecule has 2 aromatic heterocycles. The van der Waals surface area contributed by atoms with Gasteiger partial charge in [-0.05, 0) is 25.3 Å². The highest BCUT2D eigenvalue weighted by Gasteiger charge is 2.32. The van der Waals surface area contributed by atoms with Crippen LogP contribution in [0, 0.1) is 0 Å². The van der Waals surface area contributed by atoms with E-state index in [-0.39, 0.29) is 17.9 Å². The first-order valence-corrected chi connectivity index (χ1v) is 9.53. The quantitative estimate of drug-likeness (QED) is 0.772. The van der Waals surface area contributed by atoms with Gasteiger partial charge in [-0.2, -0.15) is 4.98 Å². The predicted octanol–water partition coefficient (Wildman–Crippen LogP) is 2.24. The highest BCUT2D eigenvalue weighted by atomic mass is 16.5. The molecule has 1 saturated carbocycles. The van der Waals surface area contributed by atoms with Crippen LogP contribution in [0.3, 0.4) is 0 Å². The molecule has 1 saturated heterocycles. The molecule has 0 N–H and O–H groups in total. The molecule has 0 aromatic carbocycles. The molecule has 1 aliphatic carbocycles. The van der Waals surface area contributed by atoms with Gasteiger partial charge < -0.3 is 18.7 Å². The predicted molar refractivity (Wildman–Crippen MR) is 95.0 cm³/mol. The van der Waals surface area contributed by atoms with Crippen molar-refractivity contribution < 1.29 is 18.5 Å². The number of aromatic nitrogens is 2. The van der Waals surface area contributed by atoms with E-state index in [1.165, 1.54) is 18.9 Å². The summed E-state index contributed by atoms with van der Waals surface area (Å²) in [5.41, 5.74) is 0.542. The van der Waals surface area contributed by atoms with Gasteiger partial charge in [0.1, 0.15) is 6.26 Å². The number of amides is 2. The maximum absolute atomic E-state index is 12.5. The Morgan fingerprint density at radius 3 is 2.85 bits per heavy atom. The lowest BCUT2D eigenvalue weighted by Gasteiger charge is -2.27. The molecule has 2 fully saturated rings. The number of rotatable bonds is 6. The summed E-state index contributed by atoms with van der Waals surface area (Å²) in [5.74, 6) is 1.72. The Bertz CT molecular complexity index is 797. The molecule has 2 aromatic rings. The van der Waals surface area contributed by atoms with Crippen LogP contribution < -0.4 is 0 Å². The molecule has 4 rings (SSSR count). The summed E-state index contributed by atoms with van der Waals surface area (Å²) in [7, 11) is 0. The lowest BCUT2D eigenvalue weighted by Crippen LogP contribution is -2.42. The van der Waals surface area contributed by atoms with Crippen molar-refractivity contribution in [2.75, 3.05) is 19.6 Å². The standard InChI is InChI=1S/C19H24N4O4/c1-13(24)23(9-6-17-20-18(27-21-17)14-3-2-4-14)16-5-8-22(11-16)19(25)15-7-10-26-12-15/h7,10,12,14,16H,2-6,8-9,11H2,1H3. The Morgan fingerprint density at radius 2 is 2.19 bits per heavy atom. The van der Waals surface area contributed by atoms with Crippen molar-refractivity contribution >= 4 is 11.8 Å². The Morgan fingerprint density at radius 1 is 1.33 bits per heavy atom. The van der Waals surface area contributed by atoms with Crippen molar-refractivity contribution in [3.63, 3.8) is 0 Å². The Hall–Kier alpha value is -2.64. The molecule has 1 aliphatic heterocycles. The van der Waals surface area contributed by atoms with Crippen LogP contribution in [0.4, 0.5) is 0 Å². The zero-order valence-corrected chi connectivity index (χ0v) is 15.5. The van der Waals surface area contributed by atoms with Gasteiger partial charge in [-0.3, -0.25) is 9.59 Å². The van der Waals surface area contributed by atoms with Crippen LogP contribution in [0.1, 0.15) is 60.6 Å². The first kappa shape index (κ1) is 17.8. The van der Waals surface area contributed by atoms with Crippen LogP contribution >= 0.6 is 0 Å². The Balaban J connectivity index is 1.34. The summed E-state index contributed by atoms with van der Waals surface area (Å²) >= 11 is 0. The van der Waals surface area contributed by atoms with Crippen molar-refractivity contribution in [1.82, 2.24) is 19.9 Å². The molecule has 0 radical (unpaired) electrons. The van der Waals surface area contributed by atoms with Crippen molar-refractivity contribution in [1.29, 1.82) is 0 Å². The second kappa shape index (κ2) is 7.54. The second-order valence-electron chi connectivity index (χ2n) is 7.34.